The van der Waals surface area contributed by atoms with Gasteiger partial charge >= 0.3 is 0 Å². The second kappa shape index (κ2) is 8.23. The number of carbonyl (C=O) groups excluding carboxylic acids is 1. The number of hydrogen-bond donors (Lipinski definition) is 1. The summed E-state index contributed by atoms with van der Waals surface area (Å²) >= 11 is 5.12. The van der Waals surface area contributed by atoms with Crippen LogP contribution in [0, 0.1) is 5.92 Å². The largest absolute Gasteiger partial charge is 0.350 e. The highest BCUT2D eigenvalue weighted by atomic mass is 79.9. The van der Waals surface area contributed by atoms with Crippen molar-refractivity contribution in [1.29, 1.82) is 0 Å². The van der Waals surface area contributed by atoms with E-state index in [0.29, 0.717) is 12.1 Å². The molecular formula is C18H22BrN3OS. The second-order valence-electron chi connectivity index (χ2n) is 6.35. The van der Waals surface area contributed by atoms with Crippen LogP contribution >= 0.6 is 27.3 Å². The summed E-state index contributed by atoms with van der Waals surface area (Å²) in [6.45, 7) is 5.13. The molecule has 1 atom stereocenters. The van der Waals surface area contributed by atoms with Gasteiger partial charge in [-0.1, -0.05) is 13.0 Å². The molecule has 4 nitrogen and oxygen atoms in total. The van der Waals surface area contributed by atoms with E-state index in [-0.39, 0.29) is 11.9 Å². The van der Waals surface area contributed by atoms with E-state index < -0.39 is 0 Å². The van der Waals surface area contributed by atoms with Crippen LogP contribution in [0.15, 0.2) is 40.4 Å². The lowest BCUT2D eigenvalue weighted by Crippen LogP contribution is -2.41. The van der Waals surface area contributed by atoms with Crippen molar-refractivity contribution in [3.8, 4) is 0 Å². The van der Waals surface area contributed by atoms with E-state index in [1.165, 1.54) is 17.7 Å². The maximum absolute atomic E-state index is 12.4. The van der Waals surface area contributed by atoms with Gasteiger partial charge in [0.25, 0.3) is 5.91 Å². The van der Waals surface area contributed by atoms with Gasteiger partial charge in [-0.15, -0.1) is 11.3 Å². The quantitative estimate of drug-likeness (QED) is 0.810. The minimum absolute atomic E-state index is 0.0734. The van der Waals surface area contributed by atoms with Gasteiger partial charge in [-0.3, -0.25) is 14.7 Å². The Morgan fingerprint density at radius 3 is 2.92 bits per heavy atom. The van der Waals surface area contributed by atoms with E-state index in [0.717, 1.165) is 23.5 Å². The lowest BCUT2D eigenvalue weighted by Gasteiger charge is -2.36. The van der Waals surface area contributed by atoms with Crippen LogP contribution in [0.4, 0.5) is 0 Å². The van der Waals surface area contributed by atoms with Crippen LogP contribution < -0.4 is 5.32 Å². The third kappa shape index (κ3) is 4.43. The fraction of sp³-hybridized carbons (Fsp3) is 0.444. The van der Waals surface area contributed by atoms with Gasteiger partial charge in [0, 0.05) is 28.3 Å². The highest BCUT2D eigenvalue weighted by molar-refractivity contribution is 9.10. The minimum atomic E-state index is -0.0734. The van der Waals surface area contributed by atoms with E-state index in [9.17, 15) is 4.79 Å². The molecule has 2 aromatic heterocycles. The van der Waals surface area contributed by atoms with Crippen molar-refractivity contribution in [1.82, 2.24) is 15.2 Å². The van der Waals surface area contributed by atoms with Gasteiger partial charge in [-0.2, -0.15) is 0 Å². The number of thiophene rings is 1. The third-order valence-corrected chi connectivity index (χ3v) is 5.96. The second-order valence-corrected chi connectivity index (χ2v) is 8.25. The molecule has 0 radical (unpaired) electrons. The predicted molar refractivity (Wildman–Crippen MR) is 101 cm³/mol. The molecule has 0 spiro atoms. The normalized spacial score (nSPS) is 17.6. The third-order valence-electron chi connectivity index (χ3n) is 4.55. The first-order valence-electron chi connectivity index (χ1n) is 8.29. The zero-order valence-corrected chi connectivity index (χ0v) is 16.1. The number of nitrogens with one attached hydrogen (secondary N) is 1. The molecule has 0 aromatic carbocycles. The summed E-state index contributed by atoms with van der Waals surface area (Å²) in [5, 5.41) is 5.19. The number of piperidine rings is 1. The van der Waals surface area contributed by atoms with Crippen LogP contribution in [-0.4, -0.2) is 35.4 Å². The maximum atomic E-state index is 12.4. The fourth-order valence-corrected chi connectivity index (χ4v) is 4.28. The number of rotatable bonds is 5. The number of aromatic nitrogens is 1. The zero-order valence-electron chi connectivity index (χ0n) is 13.7. The Morgan fingerprint density at radius 2 is 2.25 bits per heavy atom. The SMILES string of the molecule is CC1CCN([C@@H](CNC(=O)c2cncc(Br)c2)c2cccs2)CC1. The lowest BCUT2D eigenvalue weighted by atomic mass is 9.97. The molecule has 6 heteroatoms. The molecule has 0 saturated carbocycles. The van der Waals surface area contributed by atoms with Crippen molar-refractivity contribution in [2.45, 2.75) is 25.8 Å². The highest BCUT2D eigenvalue weighted by Gasteiger charge is 2.25. The van der Waals surface area contributed by atoms with Crippen LogP contribution in [0.2, 0.25) is 0 Å². The molecule has 3 rings (SSSR count). The predicted octanol–water partition coefficient (Wildman–Crippen LogP) is 4.11. The van der Waals surface area contributed by atoms with Gasteiger partial charge in [0.15, 0.2) is 0 Å². The Kier molecular flexibility index (Phi) is 6.03. The molecule has 0 bridgehead atoms. The summed E-state index contributed by atoms with van der Waals surface area (Å²) in [5.41, 5.74) is 0.585. The van der Waals surface area contributed by atoms with Crippen LogP contribution in [-0.2, 0) is 0 Å². The fourth-order valence-electron chi connectivity index (χ4n) is 3.06. The zero-order chi connectivity index (χ0) is 16.9. The Balaban J connectivity index is 1.67. The van der Waals surface area contributed by atoms with Gasteiger partial charge in [-0.25, -0.2) is 0 Å². The Bertz CT molecular complexity index is 669. The molecule has 1 amide bonds. The molecule has 0 unspecified atom stereocenters. The lowest BCUT2D eigenvalue weighted by molar-refractivity contribution is 0.0914. The summed E-state index contributed by atoms with van der Waals surface area (Å²) in [6.07, 6.45) is 5.74. The number of likely N-dealkylation sites (tertiary alicyclic amines) is 1. The minimum Gasteiger partial charge on any atom is -0.350 e. The highest BCUT2D eigenvalue weighted by Crippen LogP contribution is 2.29. The number of amides is 1. The van der Waals surface area contributed by atoms with Gasteiger partial charge in [0.05, 0.1) is 11.6 Å². The first kappa shape index (κ1) is 17.6. The molecule has 128 valence electrons. The molecular weight excluding hydrogens is 386 g/mol. The number of nitrogens with zero attached hydrogens (tertiary/aromatic N) is 2. The van der Waals surface area contributed by atoms with Crippen molar-refractivity contribution in [2.24, 2.45) is 5.92 Å². The van der Waals surface area contributed by atoms with Crippen molar-refractivity contribution in [3.63, 3.8) is 0 Å². The van der Waals surface area contributed by atoms with E-state index in [4.69, 9.17) is 0 Å². The Morgan fingerprint density at radius 1 is 1.46 bits per heavy atom. The van der Waals surface area contributed by atoms with Gasteiger partial charge in [0.2, 0.25) is 0 Å². The molecule has 1 saturated heterocycles. The smallest absolute Gasteiger partial charge is 0.252 e. The van der Waals surface area contributed by atoms with Crippen molar-refractivity contribution in [3.05, 3.63) is 50.9 Å². The summed E-state index contributed by atoms with van der Waals surface area (Å²) in [6, 6.07) is 6.30. The van der Waals surface area contributed by atoms with E-state index in [2.05, 4.69) is 55.6 Å². The molecule has 0 aliphatic carbocycles. The molecule has 3 heterocycles. The number of hydrogen-bond acceptors (Lipinski definition) is 4. The van der Waals surface area contributed by atoms with Crippen molar-refractivity contribution in [2.75, 3.05) is 19.6 Å². The Labute approximate surface area is 155 Å². The molecule has 2 aromatic rings. The average Bonchev–Trinajstić information content (AvgIpc) is 3.11. The Hall–Kier alpha value is -1.24. The molecule has 1 aliphatic rings. The molecule has 24 heavy (non-hydrogen) atoms. The van der Waals surface area contributed by atoms with Gasteiger partial charge < -0.3 is 5.32 Å². The number of pyridine rings is 1. The van der Waals surface area contributed by atoms with Gasteiger partial charge in [-0.05, 0) is 65.3 Å². The van der Waals surface area contributed by atoms with E-state index in [1.54, 1.807) is 29.8 Å². The summed E-state index contributed by atoms with van der Waals surface area (Å²) in [5.74, 6) is 0.725. The molecule has 1 fully saturated rings. The van der Waals surface area contributed by atoms with Crippen molar-refractivity contribution < 1.29 is 4.79 Å². The average molecular weight is 408 g/mol. The van der Waals surface area contributed by atoms with Crippen LogP contribution in [0.1, 0.15) is 41.0 Å². The van der Waals surface area contributed by atoms with E-state index in [1.807, 2.05) is 0 Å². The first-order valence-corrected chi connectivity index (χ1v) is 9.97. The standard InChI is InChI=1S/C18H22BrN3OS/c1-13-4-6-22(7-5-13)16(17-3-2-8-24-17)12-21-18(23)14-9-15(19)11-20-10-14/h2-3,8-11,13,16H,4-7,12H2,1H3,(H,21,23)/t16-/m0/s1. The summed E-state index contributed by atoms with van der Waals surface area (Å²) in [4.78, 5) is 20.3. The topological polar surface area (TPSA) is 45.2 Å². The number of carbonyl (C=O) groups is 1. The van der Waals surface area contributed by atoms with Crippen LogP contribution in [0.25, 0.3) is 0 Å². The van der Waals surface area contributed by atoms with Crippen molar-refractivity contribution >= 4 is 33.2 Å². The number of halogens is 1. The monoisotopic (exact) mass is 407 g/mol. The van der Waals surface area contributed by atoms with Crippen LogP contribution in [0.3, 0.4) is 0 Å². The van der Waals surface area contributed by atoms with Crippen LogP contribution in [0.5, 0.6) is 0 Å². The van der Waals surface area contributed by atoms with E-state index >= 15 is 0 Å². The maximum Gasteiger partial charge on any atom is 0.252 e. The molecule has 1 N–H and O–H groups in total. The first-order chi connectivity index (χ1) is 11.6. The molecule has 1 aliphatic heterocycles. The summed E-state index contributed by atoms with van der Waals surface area (Å²) in [7, 11) is 0. The summed E-state index contributed by atoms with van der Waals surface area (Å²) < 4.78 is 0.815. The van der Waals surface area contributed by atoms with Gasteiger partial charge in [0.1, 0.15) is 0 Å².